The Bertz CT molecular complexity index is 636. The van der Waals surface area contributed by atoms with Crippen LogP contribution in [0.4, 0.5) is 4.79 Å². The summed E-state index contributed by atoms with van der Waals surface area (Å²) in [4.78, 5) is 36.0. The van der Waals surface area contributed by atoms with Crippen molar-refractivity contribution in [3.05, 3.63) is 35.9 Å². The molecule has 2 rings (SSSR count). The monoisotopic (exact) mass is 376 g/mol. The molecule has 0 radical (unpaired) electrons. The summed E-state index contributed by atoms with van der Waals surface area (Å²) in [6.07, 6.45) is 0.564. The minimum absolute atomic E-state index is 0.0157. The standard InChI is InChI=1S/C19H28N4O4/c1-13(2)10-16(18(25)23-21-11-15-8-9-20-17(15)24)22-19(26)27-12-14-6-4-3-5-7-14/h3-7,13,15-16,21H,8-12H2,1-2H3,(H,20,24)(H,22,26)(H,23,25)/t15?,16-/m0/s1. The minimum atomic E-state index is -0.724. The summed E-state index contributed by atoms with van der Waals surface area (Å²) < 4.78 is 5.19. The highest BCUT2D eigenvalue weighted by molar-refractivity contribution is 5.85. The van der Waals surface area contributed by atoms with Gasteiger partial charge < -0.3 is 15.4 Å². The SMILES string of the molecule is CC(C)C[C@H](NC(=O)OCc1ccccc1)C(=O)NNCC1CCNC1=O. The molecule has 1 aliphatic rings. The van der Waals surface area contributed by atoms with Crippen molar-refractivity contribution in [1.82, 2.24) is 21.5 Å². The van der Waals surface area contributed by atoms with E-state index in [9.17, 15) is 14.4 Å². The normalized spacial score (nSPS) is 17.3. The van der Waals surface area contributed by atoms with Gasteiger partial charge in [-0.2, -0.15) is 0 Å². The number of hydrogen-bond acceptors (Lipinski definition) is 5. The Morgan fingerprint density at radius 3 is 2.63 bits per heavy atom. The predicted molar refractivity (Wildman–Crippen MR) is 100 cm³/mol. The van der Waals surface area contributed by atoms with Crippen molar-refractivity contribution in [2.75, 3.05) is 13.1 Å². The number of hydrazine groups is 1. The Balaban J connectivity index is 1.78. The summed E-state index contributed by atoms with van der Waals surface area (Å²) >= 11 is 0. The van der Waals surface area contributed by atoms with E-state index in [0.29, 0.717) is 19.5 Å². The zero-order chi connectivity index (χ0) is 19.6. The van der Waals surface area contributed by atoms with E-state index in [1.807, 2.05) is 44.2 Å². The molecule has 1 aromatic rings. The average molecular weight is 376 g/mol. The molecule has 0 aromatic heterocycles. The van der Waals surface area contributed by atoms with Gasteiger partial charge >= 0.3 is 6.09 Å². The number of nitrogens with one attached hydrogen (secondary N) is 4. The molecule has 0 spiro atoms. The van der Waals surface area contributed by atoms with Crippen molar-refractivity contribution in [3.63, 3.8) is 0 Å². The van der Waals surface area contributed by atoms with Crippen LogP contribution >= 0.6 is 0 Å². The van der Waals surface area contributed by atoms with E-state index in [4.69, 9.17) is 4.74 Å². The molecule has 0 aliphatic carbocycles. The van der Waals surface area contributed by atoms with Crippen molar-refractivity contribution in [2.24, 2.45) is 11.8 Å². The van der Waals surface area contributed by atoms with Gasteiger partial charge in [-0.15, -0.1) is 0 Å². The first-order valence-corrected chi connectivity index (χ1v) is 9.23. The lowest BCUT2D eigenvalue weighted by Gasteiger charge is -2.20. The van der Waals surface area contributed by atoms with E-state index in [1.54, 1.807) is 0 Å². The Kier molecular flexibility index (Phi) is 8.06. The van der Waals surface area contributed by atoms with E-state index in [1.165, 1.54) is 0 Å². The van der Waals surface area contributed by atoms with Crippen LogP contribution in [0.2, 0.25) is 0 Å². The molecule has 0 bridgehead atoms. The lowest BCUT2D eigenvalue weighted by atomic mass is 10.0. The average Bonchev–Trinajstić information content (AvgIpc) is 3.05. The van der Waals surface area contributed by atoms with E-state index in [0.717, 1.165) is 12.0 Å². The summed E-state index contributed by atoms with van der Waals surface area (Å²) in [6, 6.07) is 8.60. The van der Waals surface area contributed by atoms with Crippen molar-refractivity contribution >= 4 is 17.9 Å². The topological polar surface area (TPSA) is 109 Å². The summed E-state index contributed by atoms with van der Waals surface area (Å²) in [5.74, 6) is -0.328. The molecule has 4 N–H and O–H groups in total. The highest BCUT2D eigenvalue weighted by atomic mass is 16.5. The fourth-order valence-corrected chi connectivity index (χ4v) is 2.80. The number of alkyl carbamates (subject to hydrolysis) is 1. The molecule has 1 heterocycles. The summed E-state index contributed by atoms with van der Waals surface area (Å²) in [5, 5.41) is 5.36. The van der Waals surface area contributed by atoms with E-state index in [-0.39, 0.29) is 30.3 Å². The largest absolute Gasteiger partial charge is 0.445 e. The molecule has 8 heteroatoms. The molecule has 1 aromatic carbocycles. The number of rotatable bonds is 9. The quantitative estimate of drug-likeness (QED) is 0.483. The second-order valence-corrected chi connectivity index (χ2v) is 7.03. The lowest BCUT2D eigenvalue weighted by molar-refractivity contribution is -0.126. The lowest BCUT2D eigenvalue weighted by Crippen LogP contribution is -2.52. The molecule has 1 aliphatic heterocycles. The Morgan fingerprint density at radius 1 is 1.26 bits per heavy atom. The van der Waals surface area contributed by atoms with Crippen molar-refractivity contribution in [3.8, 4) is 0 Å². The van der Waals surface area contributed by atoms with Crippen LogP contribution in [0.5, 0.6) is 0 Å². The van der Waals surface area contributed by atoms with Crippen LogP contribution in [-0.2, 0) is 20.9 Å². The maximum absolute atomic E-state index is 12.4. The Labute approximate surface area is 159 Å². The second kappa shape index (κ2) is 10.5. The molecule has 3 amide bonds. The molecular formula is C19H28N4O4. The van der Waals surface area contributed by atoms with E-state index in [2.05, 4.69) is 21.5 Å². The number of benzene rings is 1. The smallest absolute Gasteiger partial charge is 0.408 e. The maximum Gasteiger partial charge on any atom is 0.408 e. The fourth-order valence-electron chi connectivity index (χ4n) is 2.80. The highest BCUT2D eigenvalue weighted by Crippen LogP contribution is 2.08. The molecule has 0 saturated carbocycles. The van der Waals surface area contributed by atoms with Gasteiger partial charge in [-0.25, -0.2) is 10.2 Å². The van der Waals surface area contributed by atoms with Crippen molar-refractivity contribution < 1.29 is 19.1 Å². The van der Waals surface area contributed by atoms with Gasteiger partial charge in [0.1, 0.15) is 12.6 Å². The van der Waals surface area contributed by atoms with E-state index < -0.39 is 12.1 Å². The predicted octanol–water partition coefficient (Wildman–Crippen LogP) is 1.08. The number of hydrogen-bond donors (Lipinski definition) is 4. The zero-order valence-electron chi connectivity index (χ0n) is 15.8. The number of carbonyl (C=O) groups is 3. The van der Waals surface area contributed by atoms with Crippen LogP contribution in [0.25, 0.3) is 0 Å². The first-order chi connectivity index (χ1) is 13.0. The van der Waals surface area contributed by atoms with Gasteiger partial charge in [-0.3, -0.25) is 15.0 Å². The third-order valence-electron chi connectivity index (χ3n) is 4.25. The third kappa shape index (κ3) is 7.26. The molecule has 1 unspecified atom stereocenters. The van der Waals surface area contributed by atoms with E-state index >= 15 is 0 Å². The first kappa shape index (κ1) is 20.7. The highest BCUT2D eigenvalue weighted by Gasteiger charge is 2.25. The van der Waals surface area contributed by atoms with Gasteiger partial charge in [0.05, 0.1) is 5.92 Å². The molecule has 27 heavy (non-hydrogen) atoms. The van der Waals surface area contributed by atoms with Gasteiger partial charge in [0, 0.05) is 13.1 Å². The zero-order valence-corrected chi connectivity index (χ0v) is 15.8. The second-order valence-electron chi connectivity index (χ2n) is 7.03. The molecule has 1 saturated heterocycles. The molecule has 1 fully saturated rings. The fraction of sp³-hybridized carbons (Fsp3) is 0.526. The number of ether oxygens (including phenoxy) is 1. The molecule has 8 nitrogen and oxygen atoms in total. The molecule has 148 valence electrons. The number of amides is 3. The molecule has 2 atom stereocenters. The maximum atomic E-state index is 12.4. The Morgan fingerprint density at radius 2 is 2.00 bits per heavy atom. The van der Waals surface area contributed by atoms with Gasteiger partial charge in [0.15, 0.2) is 0 Å². The van der Waals surface area contributed by atoms with Gasteiger partial charge in [0.2, 0.25) is 5.91 Å². The van der Waals surface area contributed by atoms with Gasteiger partial charge in [-0.05, 0) is 24.3 Å². The van der Waals surface area contributed by atoms with Crippen LogP contribution in [0.3, 0.4) is 0 Å². The first-order valence-electron chi connectivity index (χ1n) is 9.23. The van der Waals surface area contributed by atoms with Gasteiger partial charge in [-0.1, -0.05) is 44.2 Å². The van der Waals surface area contributed by atoms with Crippen LogP contribution in [0.1, 0.15) is 32.3 Å². The van der Waals surface area contributed by atoms with Crippen molar-refractivity contribution in [2.45, 2.75) is 39.3 Å². The minimum Gasteiger partial charge on any atom is -0.445 e. The summed E-state index contributed by atoms with van der Waals surface area (Å²) in [6.45, 7) is 5.08. The van der Waals surface area contributed by atoms with Gasteiger partial charge in [0.25, 0.3) is 5.91 Å². The number of carbonyl (C=O) groups excluding carboxylic acids is 3. The summed E-state index contributed by atoms with van der Waals surface area (Å²) in [7, 11) is 0. The van der Waals surface area contributed by atoms with Crippen LogP contribution < -0.4 is 21.5 Å². The van der Waals surface area contributed by atoms with Crippen molar-refractivity contribution in [1.29, 1.82) is 0 Å². The van der Waals surface area contributed by atoms with Crippen LogP contribution in [-0.4, -0.2) is 37.0 Å². The van der Waals surface area contributed by atoms with Crippen LogP contribution in [0, 0.1) is 11.8 Å². The molecular weight excluding hydrogens is 348 g/mol. The Hall–Kier alpha value is -2.61. The van der Waals surface area contributed by atoms with Crippen LogP contribution in [0.15, 0.2) is 30.3 Å². The summed E-state index contributed by atoms with van der Waals surface area (Å²) in [5.41, 5.74) is 6.23. The third-order valence-corrected chi connectivity index (χ3v) is 4.25.